The molecule has 450 valence electrons. The van der Waals surface area contributed by atoms with Gasteiger partial charge in [0.1, 0.15) is 72.3 Å². The van der Waals surface area contributed by atoms with E-state index in [1.54, 1.807) is 61.5 Å². The number of oxazole rings is 1. The summed E-state index contributed by atoms with van der Waals surface area (Å²) in [4.78, 5) is 101. The van der Waals surface area contributed by atoms with Crippen LogP contribution in [0.3, 0.4) is 0 Å². The number of amides is 6. The molecule has 1 aromatic heterocycles. The van der Waals surface area contributed by atoms with E-state index >= 15 is 9.59 Å². The summed E-state index contributed by atoms with van der Waals surface area (Å²) < 4.78 is 11.9. The fraction of sp³-hybridized carbons (Fsp3) is 0.386. The normalized spacial score (nSPS) is 28.4. The van der Waals surface area contributed by atoms with Crippen LogP contribution in [0.2, 0.25) is 0 Å². The van der Waals surface area contributed by atoms with Gasteiger partial charge in [0.25, 0.3) is 0 Å². The molecule has 0 spiro atoms. The van der Waals surface area contributed by atoms with Crippen molar-refractivity contribution in [2.24, 2.45) is 21.5 Å². The van der Waals surface area contributed by atoms with Crippen LogP contribution in [0.4, 0.5) is 0 Å². The van der Waals surface area contributed by atoms with Crippen LogP contribution in [0, 0.1) is 0 Å². The van der Waals surface area contributed by atoms with Crippen LogP contribution in [-0.2, 0) is 39.9 Å². The van der Waals surface area contributed by atoms with E-state index in [1.165, 1.54) is 0 Å². The number of aromatic nitrogens is 1. The number of aliphatic hydroxyl groups is 7. The molecule has 15 atom stereocenters. The third kappa shape index (κ3) is 13.7. The first kappa shape index (κ1) is 60.7. The molecule has 0 saturated carbocycles. The Bertz CT molecular complexity index is 3270. The number of nitrogens with two attached hydrogens (primary N) is 2. The van der Waals surface area contributed by atoms with Crippen molar-refractivity contribution >= 4 is 70.1 Å². The maximum atomic E-state index is 15.2. The zero-order valence-corrected chi connectivity index (χ0v) is 45.7. The zero-order chi connectivity index (χ0) is 60.6. The summed E-state index contributed by atoms with van der Waals surface area (Å²) in [6.45, 7) is -1.92. The van der Waals surface area contributed by atoms with Gasteiger partial charge in [-0.1, -0.05) is 104 Å². The van der Waals surface area contributed by atoms with E-state index in [2.05, 4.69) is 47.2 Å². The Labute approximate surface area is 485 Å². The number of nitrogens with one attached hydrogen (secondary N) is 7. The van der Waals surface area contributed by atoms with E-state index in [0.717, 1.165) is 21.6 Å². The lowest BCUT2D eigenvalue weighted by Gasteiger charge is -2.46. The molecule has 28 heteroatoms. The summed E-state index contributed by atoms with van der Waals surface area (Å²) in [7, 11) is 0. The summed E-state index contributed by atoms with van der Waals surface area (Å²) in [5, 5.41) is 94.8. The van der Waals surface area contributed by atoms with Gasteiger partial charge in [0.15, 0.2) is 23.7 Å². The highest BCUT2D eigenvalue weighted by atomic mass is 16.6. The number of benzene rings is 4. The van der Waals surface area contributed by atoms with Gasteiger partial charge < -0.3 is 98.5 Å². The van der Waals surface area contributed by atoms with E-state index in [9.17, 15) is 54.9 Å². The van der Waals surface area contributed by atoms with Crippen molar-refractivity contribution in [1.29, 1.82) is 0 Å². The van der Waals surface area contributed by atoms with Crippen molar-refractivity contribution in [3.63, 3.8) is 0 Å². The van der Waals surface area contributed by atoms with Crippen LogP contribution in [0.25, 0.3) is 22.7 Å². The maximum Gasteiger partial charge on any atom is 0.246 e. The number of aliphatic imine (C=N–C) groups is 2. The van der Waals surface area contributed by atoms with Crippen LogP contribution in [0.5, 0.6) is 0 Å². The van der Waals surface area contributed by atoms with Crippen LogP contribution in [0.15, 0.2) is 124 Å². The molecule has 28 nitrogen and oxygen atoms in total. The number of rotatable bonds is 14. The summed E-state index contributed by atoms with van der Waals surface area (Å²) in [6, 6.07) is 20.4. The van der Waals surface area contributed by atoms with Crippen molar-refractivity contribution in [3.8, 4) is 0 Å². The van der Waals surface area contributed by atoms with Crippen molar-refractivity contribution in [3.05, 3.63) is 137 Å². The van der Waals surface area contributed by atoms with Gasteiger partial charge in [0.2, 0.25) is 41.3 Å². The molecule has 0 radical (unpaired) electrons. The summed E-state index contributed by atoms with van der Waals surface area (Å²) in [6.07, 6.45) is -11.8. The largest absolute Gasteiger partial charge is 0.437 e. The Kier molecular flexibility index (Phi) is 19.1. The molecule has 5 unspecified atom stereocenters. The lowest BCUT2D eigenvalue weighted by atomic mass is 9.92. The molecule has 2 fully saturated rings. The van der Waals surface area contributed by atoms with Crippen LogP contribution >= 0.6 is 0 Å². The fourth-order valence-corrected chi connectivity index (χ4v) is 10.6. The Hall–Kier alpha value is -8.87. The Morgan fingerprint density at radius 3 is 1.92 bits per heavy atom. The van der Waals surface area contributed by atoms with Gasteiger partial charge in [0.05, 0.1) is 44.9 Å². The predicted molar refractivity (Wildman–Crippen MR) is 303 cm³/mol. The molecule has 0 bridgehead atoms. The molecule has 5 aromatic rings. The second-order valence-electron chi connectivity index (χ2n) is 20.9. The van der Waals surface area contributed by atoms with Gasteiger partial charge in [-0.2, -0.15) is 0 Å². The first-order valence-corrected chi connectivity index (χ1v) is 27.3. The van der Waals surface area contributed by atoms with E-state index in [0.29, 0.717) is 22.2 Å². The minimum atomic E-state index is -2.28. The number of aliphatic hydroxyl groups excluding tert-OH is 7. The Morgan fingerprint density at radius 2 is 1.28 bits per heavy atom. The van der Waals surface area contributed by atoms with Gasteiger partial charge in [-0.25, -0.2) is 4.98 Å². The molecule has 85 heavy (non-hydrogen) atoms. The third-order valence-electron chi connectivity index (χ3n) is 15.3. The number of fused-ring (bicyclic) bond motifs is 1. The molecule has 4 aromatic carbocycles. The SMILES string of the molecule is CC(c1ccccc1)[C@@H]1NC(=O)CNC(=O)[C@H](CO)NC(=O)[C@@H](C(O)C2CN=C(N)N2[C@H]2O[C@H](CO)[C@@H](O)[C@H](O)[C@@H]2O)NC(=O)[C@H](C(O)C2CN=C(N)N2)NC(=O)[C@@H](Cc2ccc3oc(C=C(c4ccccc4)c4ccccc4)nc3c2)NC1=O. The van der Waals surface area contributed by atoms with Gasteiger partial charge >= 0.3 is 0 Å². The zero-order valence-electron chi connectivity index (χ0n) is 45.7. The van der Waals surface area contributed by atoms with Crippen molar-refractivity contribution in [1.82, 2.24) is 47.1 Å². The Morgan fingerprint density at radius 1 is 0.671 bits per heavy atom. The smallest absolute Gasteiger partial charge is 0.246 e. The Balaban J connectivity index is 1.10. The number of hydrogen-bond donors (Lipinski definition) is 16. The van der Waals surface area contributed by atoms with E-state index in [1.807, 2.05) is 60.7 Å². The first-order valence-electron chi connectivity index (χ1n) is 27.3. The predicted octanol–water partition coefficient (Wildman–Crippen LogP) is -4.88. The van der Waals surface area contributed by atoms with Crippen LogP contribution in [-0.4, -0.2) is 211 Å². The molecule has 5 heterocycles. The number of hydrogen-bond acceptors (Lipinski definition) is 22. The molecule has 6 amide bonds. The van der Waals surface area contributed by atoms with Gasteiger partial charge in [-0.3, -0.25) is 38.8 Å². The van der Waals surface area contributed by atoms with Gasteiger partial charge in [-0.05, 0) is 40.0 Å². The number of ether oxygens (including phenoxy) is 1. The highest BCUT2D eigenvalue weighted by Crippen LogP contribution is 2.31. The fourth-order valence-electron chi connectivity index (χ4n) is 10.6. The van der Waals surface area contributed by atoms with E-state index < -0.39 is 159 Å². The molecule has 2 saturated heterocycles. The number of carbonyl (C=O) groups excluding carboxylic acids is 6. The minimum Gasteiger partial charge on any atom is -0.437 e. The van der Waals surface area contributed by atoms with Crippen LogP contribution in [0.1, 0.15) is 41.0 Å². The number of guanidine groups is 2. The molecule has 4 aliphatic rings. The van der Waals surface area contributed by atoms with Crippen molar-refractivity contribution < 1.29 is 73.7 Å². The van der Waals surface area contributed by atoms with E-state index in [4.69, 9.17) is 25.6 Å². The first-order chi connectivity index (χ1) is 40.8. The highest BCUT2D eigenvalue weighted by Gasteiger charge is 2.52. The van der Waals surface area contributed by atoms with Crippen molar-refractivity contribution in [2.75, 3.05) is 32.8 Å². The summed E-state index contributed by atoms with van der Waals surface area (Å²) in [5.41, 5.74) is 16.4. The molecule has 0 aliphatic carbocycles. The van der Waals surface area contributed by atoms with Gasteiger partial charge in [0, 0.05) is 18.4 Å². The molecular formula is C57H67N13O15. The van der Waals surface area contributed by atoms with E-state index in [-0.39, 0.29) is 24.8 Å². The summed E-state index contributed by atoms with van der Waals surface area (Å²) >= 11 is 0. The monoisotopic (exact) mass is 1170 g/mol. The molecular weight excluding hydrogens is 1110 g/mol. The maximum absolute atomic E-state index is 15.2. The standard InChI is InChI=1S/C57H67N13O15/c1-27(29-11-5-2-6-12-29)42-52(81)64-34(20-28-17-18-38-33(19-28)63-41(84-38)21-32(30-13-7-3-8-14-30)31-15-9-4-10-16-31)51(80)68-43(45(74)35-22-61-56(58)66-35)54(83)69-44(53(82)65-36(25-71)50(79)60-24-40(73)67-42)46(75)37-23-62-57(59)70(37)55-49(78)48(77)47(76)39(26-72)85-55/h2-19,21,27,34-37,39,42-49,55,71-72,74-78H,20,22-26H2,1H3,(H2,59,62)(H,60,79)(H,64,81)(H,65,82)(H,67,73)(H,68,80)(H,69,83)(H3,58,61,66)/t27?,34-,35?,36+,37?,39-,42+,43+,44-,45?,46?,47-,48+,49+,55+/m1/s1. The second kappa shape index (κ2) is 26.8. The summed E-state index contributed by atoms with van der Waals surface area (Å²) in [5.74, 6) is -7.99. The quantitative estimate of drug-likeness (QED) is 0.0496. The number of carbonyl (C=O) groups is 6. The molecule has 18 N–H and O–H groups in total. The minimum absolute atomic E-state index is 0.145. The lowest BCUT2D eigenvalue weighted by Crippen LogP contribution is -2.70. The number of nitrogens with zero attached hydrogens (tertiary/aromatic N) is 4. The topological polar surface area (TPSA) is 443 Å². The van der Waals surface area contributed by atoms with Crippen molar-refractivity contribution in [2.45, 2.75) is 104 Å². The van der Waals surface area contributed by atoms with Crippen LogP contribution < -0.4 is 48.7 Å². The van der Waals surface area contributed by atoms with Gasteiger partial charge in [-0.15, -0.1) is 0 Å². The average Bonchev–Trinajstić information content (AvgIpc) is 3.42. The molecule has 4 aliphatic heterocycles. The highest BCUT2D eigenvalue weighted by molar-refractivity contribution is 5.99. The second-order valence-corrected chi connectivity index (χ2v) is 20.9. The average molecular weight is 1170 g/mol. The lowest BCUT2D eigenvalue weighted by molar-refractivity contribution is -0.260. The third-order valence-corrected chi connectivity index (χ3v) is 15.3. The molecule has 9 rings (SSSR count).